The van der Waals surface area contributed by atoms with E-state index in [4.69, 9.17) is 16.5 Å². The molecule has 0 aliphatic heterocycles. The average molecular weight is 729 g/mol. The number of fused-ring (bicyclic) bond motifs is 9. The van der Waals surface area contributed by atoms with E-state index in [-0.39, 0.29) is 0 Å². The molecule has 3 heterocycles. The highest BCUT2D eigenvalue weighted by atomic mass is 15.2. The lowest BCUT2D eigenvalue weighted by Gasteiger charge is -2.15. The summed E-state index contributed by atoms with van der Waals surface area (Å²) in [6.07, 6.45) is 6.34. The Bertz CT molecular complexity index is 3480. The largest absolute Gasteiger partial charge is 0.309 e. The fourth-order valence-electron chi connectivity index (χ4n) is 8.83. The lowest BCUT2D eigenvalue weighted by atomic mass is 9.96. The lowest BCUT2D eigenvalue weighted by molar-refractivity contribution is 1.01. The summed E-state index contributed by atoms with van der Waals surface area (Å²) in [4.78, 5) is 10.8. The van der Waals surface area contributed by atoms with Crippen molar-refractivity contribution >= 4 is 77.9 Å². The van der Waals surface area contributed by atoms with Crippen LogP contribution in [0.15, 0.2) is 182 Å². The second-order valence-electron chi connectivity index (χ2n) is 14.6. The van der Waals surface area contributed by atoms with Crippen molar-refractivity contribution in [3.8, 4) is 34.0 Å². The molecule has 268 valence electrons. The van der Waals surface area contributed by atoms with Crippen LogP contribution in [0.4, 0.5) is 0 Å². The zero-order valence-electron chi connectivity index (χ0n) is 31.4. The molecule has 0 spiro atoms. The van der Waals surface area contributed by atoms with Crippen LogP contribution in [0.5, 0.6) is 0 Å². The fraction of sp³-hybridized carbons (Fsp3) is 0.0189. The van der Waals surface area contributed by atoms with Crippen LogP contribution in [0.3, 0.4) is 0 Å². The number of nitrogens with zero attached hydrogens (tertiary/aromatic N) is 4. The van der Waals surface area contributed by atoms with Crippen molar-refractivity contribution in [2.24, 2.45) is 0 Å². The summed E-state index contributed by atoms with van der Waals surface area (Å²) in [6.45, 7) is 6.86. The molecule has 8 aromatic carbocycles. The standard InChI is InChI=1S/C53H36N4/c1-3-4-16-38-33-44-50-40-20-9-8-17-35(40)29-32-48(50)57(53-54-45-24-13-10-23-43(45)51(55-53)37-18-6-5-7-19-37)52(44)49(34(38)2)36-27-30-39(31-28-36)56-46-25-14-11-21-41(46)42-22-12-15-26-47(42)56/h3-33H,2H2,1H3/b4-3-,38-16-. The Balaban J connectivity index is 1.26. The quantitative estimate of drug-likeness (QED) is 0.177. The maximum absolute atomic E-state index is 5.45. The van der Waals surface area contributed by atoms with E-state index in [0.717, 1.165) is 65.8 Å². The number of allylic oxidation sites excluding steroid dienone is 2. The third kappa shape index (κ3) is 5.08. The molecule has 11 aromatic rings. The van der Waals surface area contributed by atoms with Gasteiger partial charge in [0, 0.05) is 43.7 Å². The summed E-state index contributed by atoms with van der Waals surface area (Å²) in [6, 6.07) is 60.4. The van der Waals surface area contributed by atoms with Gasteiger partial charge < -0.3 is 4.57 Å². The number of hydrogen-bond acceptors (Lipinski definition) is 2. The Kier molecular flexibility index (Phi) is 7.51. The summed E-state index contributed by atoms with van der Waals surface area (Å²) in [5.41, 5.74) is 10.5. The van der Waals surface area contributed by atoms with Crippen molar-refractivity contribution in [1.29, 1.82) is 0 Å². The van der Waals surface area contributed by atoms with E-state index < -0.39 is 0 Å². The normalized spacial score (nSPS) is 12.4. The van der Waals surface area contributed by atoms with Crippen LogP contribution in [-0.4, -0.2) is 19.1 Å². The van der Waals surface area contributed by atoms with Crippen LogP contribution in [0.25, 0.3) is 112 Å². The van der Waals surface area contributed by atoms with E-state index in [2.05, 4.69) is 191 Å². The highest BCUT2D eigenvalue weighted by Gasteiger charge is 2.23. The summed E-state index contributed by atoms with van der Waals surface area (Å²) in [5, 5.41) is 10.2. The monoisotopic (exact) mass is 728 g/mol. The number of para-hydroxylation sites is 3. The van der Waals surface area contributed by atoms with Gasteiger partial charge in [-0.25, -0.2) is 9.97 Å². The molecule has 0 unspecified atom stereocenters. The van der Waals surface area contributed by atoms with Crippen molar-refractivity contribution in [2.75, 3.05) is 0 Å². The first-order chi connectivity index (χ1) is 28.2. The molecule has 11 rings (SSSR count). The minimum absolute atomic E-state index is 0.621. The van der Waals surface area contributed by atoms with Gasteiger partial charge in [0.15, 0.2) is 0 Å². The Hall–Kier alpha value is -7.56. The zero-order chi connectivity index (χ0) is 38.0. The van der Waals surface area contributed by atoms with Gasteiger partial charge in [0.25, 0.3) is 0 Å². The SMILES string of the molecule is C=c1c(-c2ccc(-n3c4ccccc4c4ccccc43)cc2)c2c(c/c1=C/C=C\C)c1c3ccccc3ccc1n2-c1nc(-c2ccccc2)c2ccccc2n1. The minimum atomic E-state index is 0.621. The number of rotatable bonds is 5. The molecule has 0 N–H and O–H groups in total. The highest BCUT2D eigenvalue weighted by molar-refractivity contribution is 6.23. The molecule has 0 saturated carbocycles. The van der Waals surface area contributed by atoms with Crippen LogP contribution >= 0.6 is 0 Å². The number of aromatic nitrogens is 4. The molecule has 57 heavy (non-hydrogen) atoms. The smallest absolute Gasteiger partial charge is 0.235 e. The predicted octanol–water partition coefficient (Wildman–Crippen LogP) is 12.1. The van der Waals surface area contributed by atoms with Gasteiger partial charge >= 0.3 is 0 Å². The van der Waals surface area contributed by atoms with Crippen LogP contribution in [0, 0.1) is 0 Å². The summed E-state index contributed by atoms with van der Waals surface area (Å²) >= 11 is 0. The third-order valence-corrected chi connectivity index (χ3v) is 11.4. The maximum Gasteiger partial charge on any atom is 0.235 e. The topological polar surface area (TPSA) is 35.6 Å². The van der Waals surface area contributed by atoms with Gasteiger partial charge in [-0.3, -0.25) is 4.57 Å². The molecule has 0 bridgehead atoms. The summed E-state index contributed by atoms with van der Waals surface area (Å²) in [7, 11) is 0. The Labute approximate surface area is 329 Å². The van der Waals surface area contributed by atoms with E-state index in [1.165, 1.54) is 38.0 Å². The second-order valence-corrected chi connectivity index (χ2v) is 14.6. The van der Waals surface area contributed by atoms with Gasteiger partial charge in [0.05, 0.1) is 33.3 Å². The van der Waals surface area contributed by atoms with Crippen LogP contribution in [0.1, 0.15) is 6.92 Å². The molecule has 0 aliphatic carbocycles. The second kappa shape index (κ2) is 13.0. The molecule has 4 heteroatoms. The van der Waals surface area contributed by atoms with Gasteiger partial charge in [-0.15, -0.1) is 0 Å². The fourth-order valence-corrected chi connectivity index (χ4v) is 8.83. The van der Waals surface area contributed by atoms with Crippen LogP contribution < -0.4 is 10.4 Å². The van der Waals surface area contributed by atoms with E-state index in [9.17, 15) is 0 Å². The highest BCUT2D eigenvalue weighted by Crippen LogP contribution is 2.40. The van der Waals surface area contributed by atoms with Gasteiger partial charge in [0.1, 0.15) is 0 Å². The van der Waals surface area contributed by atoms with E-state index >= 15 is 0 Å². The third-order valence-electron chi connectivity index (χ3n) is 11.4. The maximum atomic E-state index is 5.45. The lowest BCUT2D eigenvalue weighted by Crippen LogP contribution is -2.26. The summed E-state index contributed by atoms with van der Waals surface area (Å²) < 4.78 is 4.64. The first-order valence-corrected chi connectivity index (χ1v) is 19.4. The molecule has 4 nitrogen and oxygen atoms in total. The average Bonchev–Trinajstić information content (AvgIpc) is 3.79. The Morgan fingerprint density at radius 2 is 1.18 bits per heavy atom. The van der Waals surface area contributed by atoms with Gasteiger partial charge in [-0.1, -0.05) is 152 Å². The molecular formula is C53H36N4. The zero-order valence-corrected chi connectivity index (χ0v) is 31.4. The Morgan fingerprint density at radius 3 is 1.91 bits per heavy atom. The molecule has 0 amide bonds. The molecular weight excluding hydrogens is 693 g/mol. The van der Waals surface area contributed by atoms with Crippen molar-refractivity contribution in [2.45, 2.75) is 6.92 Å². The molecule has 0 radical (unpaired) electrons. The van der Waals surface area contributed by atoms with Crippen LogP contribution in [-0.2, 0) is 0 Å². The molecule has 0 atom stereocenters. The Morgan fingerprint density at radius 1 is 0.526 bits per heavy atom. The van der Waals surface area contributed by atoms with Gasteiger partial charge in [-0.2, -0.15) is 0 Å². The van der Waals surface area contributed by atoms with Crippen molar-refractivity contribution in [3.63, 3.8) is 0 Å². The predicted molar refractivity (Wildman–Crippen MR) is 241 cm³/mol. The number of benzene rings is 8. The van der Waals surface area contributed by atoms with E-state index in [1.807, 2.05) is 13.0 Å². The van der Waals surface area contributed by atoms with Gasteiger partial charge in [-0.05, 0) is 76.2 Å². The van der Waals surface area contributed by atoms with E-state index in [0.29, 0.717) is 5.95 Å². The van der Waals surface area contributed by atoms with E-state index in [1.54, 1.807) is 0 Å². The van der Waals surface area contributed by atoms with Crippen molar-refractivity contribution in [3.05, 3.63) is 192 Å². The van der Waals surface area contributed by atoms with Gasteiger partial charge in [0.2, 0.25) is 5.95 Å². The first kappa shape index (κ1) is 32.8. The minimum Gasteiger partial charge on any atom is -0.309 e. The molecule has 3 aromatic heterocycles. The summed E-state index contributed by atoms with van der Waals surface area (Å²) in [5.74, 6) is 0.621. The van der Waals surface area contributed by atoms with Crippen molar-refractivity contribution < 1.29 is 0 Å². The molecule has 0 aliphatic rings. The number of hydrogen-bond donors (Lipinski definition) is 0. The van der Waals surface area contributed by atoms with Crippen molar-refractivity contribution in [1.82, 2.24) is 19.1 Å². The molecule has 0 saturated heterocycles. The van der Waals surface area contributed by atoms with Crippen LogP contribution in [0.2, 0.25) is 0 Å². The molecule has 0 fully saturated rings. The first-order valence-electron chi connectivity index (χ1n) is 19.4.